The molecule has 0 aliphatic rings. The summed E-state index contributed by atoms with van der Waals surface area (Å²) in [7, 11) is 1.71. The van der Waals surface area contributed by atoms with Gasteiger partial charge in [0.25, 0.3) is 0 Å². The number of hydrogen-bond acceptors (Lipinski definition) is 3. The number of thiocarbonyl (C=S) groups is 1. The molecule has 0 heterocycles. The van der Waals surface area contributed by atoms with Crippen molar-refractivity contribution in [3.8, 4) is 0 Å². The van der Waals surface area contributed by atoms with Gasteiger partial charge in [-0.2, -0.15) is 0 Å². The van der Waals surface area contributed by atoms with Crippen molar-refractivity contribution >= 4 is 22.9 Å². The third kappa shape index (κ3) is 4.32. The van der Waals surface area contributed by atoms with Crippen LogP contribution in [0.1, 0.15) is 25.3 Å². The smallest absolute Gasteiger partial charge is 0.106 e. The molecule has 0 aromatic heterocycles. The van der Waals surface area contributed by atoms with E-state index in [1.165, 1.54) is 0 Å². The Balaban J connectivity index is 2.80. The average Bonchev–Trinajstić information content (AvgIpc) is 2.30. The first-order valence-corrected chi connectivity index (χ1v) is 6.24. The van der Waals surface area contributed by atoms with Gasteiger partial charge in [-0.1, -0.05) is 37.7 Å². The minimum absolute atomic E-state index is 0.292. The molecule has 0 amide bonds. The highest BCUT2D eigenvalue weighted by Crippen LogP contribution is 2.17. The van der Waals surface area contributed by atoms with E-state index < -0.39 is 0 Å². The van der Waals surface area contributed by atoms with E-state index in [0.29, 0.717) is 17.6 Å². The van der Waals surface area contributed by atoms with Crippen molar-refractivity contribution in [2.24, 2.45) is 5.73 Å². The molecule has 0 fully saturated rings. The Hall–Kier alpha value is -1.13. The van der Waals surface area contributed by atoms with E-state index in [-0.39, 0.29) is 0 Å². The number of methoxy groups -OCH3 is 1. The minimum atomic E-state index is 0.292. The molecule has 0 bridgehead atoms. The Morgan fingerprint density at radius 2 is 2.18 bits per heavy atom. The first-order chi connectivity index (χ1) is 8.19. The zero-order chi connectivity index (χ0) is 12.7. The van der Waals surface area contributed by atoms with E-state index in [2.05, 4.69) is 12.2 Å². The summed E-state index contributed by atoms with van der Waals surface area (Å²) >= 11 is 5.04. The van der Waals surface area contributed by atoms with Crippen LogP contribution >= 0.6 is 12.2 Å². The second kappa shape index (κ2) is 7.25. The van der Waals surface area contributed by atoms with Gasteiger partial charge in [0.05, 0.1) is 6.61 Å². The lowest BCUT2D eigenvalue weighted by molar-refractivity contribution is 0.182. The first-order valence-electron chi connectivity index (χ1n) is 5.83. The summed E-state index contributed by atoms with van der Waals surface area (Å²) in [6, 6.07) is 8.12. The molecular weight excluding hydrogens is 232 g/mol. The van der Waals surface area contributed by atoms with Gasteiger partial charge in [0.1, 0.15) is 4.99 Å². The van der Waals surface area contributed by atoms with E-state index in [9.17, 15) is 0 Å². The molecule has 1 aromatic carbocycles. The third-order valence-electron chi connectivity index (χ3n) is 2.56. The molecule has 0 aliphatic carbocycles. The Morgan fingerprint density at radius 3 is 2.76 bits per heavy atom. The molecule has 0 aliphatic heterocycles. The highest BCUT2D eigenvalue weighted by Gasteiger charge is 2.10. The number of nitrogens with one attached hydrogen (secondary N) is 1. The van der Waals surface area contributed by atoms with Gasteiger partial charge in [-0.3, -0.25) is 0 Å². The van der Waals surface area contributed by atoms with E-state index >= 15 is 0 Å². The SMILES string of the molecule is CCCC(COC)Nc1ccccc1C(N)=S. The molecule has 0 radical (unpaired) electrons. The van der Waals surface area contributed by atoms with E-state index in [0.717, 1.165) is 24.1 Å². The fourth-order valence-electron chi connectivity index (χ4n) is 1.79. The van der Waals surface area contributed by atoms with Crippen LogP contribution in [0.3, 0.4) is 0 Å². The average molecular weight is 252 g/mol. The van der Waals surface area contributed by atoms with Gasteiger partial charge < -0.3 is 15.8 Å². The van der Waals surface area contributed by atoms with E-state index in [1.807, 2.05) is 24.3 Å². The summed E-state index contributed by atoms with van der Waals surface area (Å²) in [5, 5.41) is 3.44. The predicted molar refractivity (Wildman–Crippen MR) is 76.5 cm³/mol. The van der Waals surface area contributed by atoms with Gasteiger partial charge in [0.2, 0.25) is 0 Å². The Kier molecular flexibility index (Phi) is 5.94. The fourth-order valence-corrected chi connectivity index (χ4v) is 1.97. The molecule has 3 N–H and O–H groups in total. The monoisotopic (exact) mass is 252 g/mol. The van der Waals surface area contributed by atoms with Crippen molar-refractivity contribution in [2.45, 2.75) is 25.8 Å². The van der Waals surface area contributed by atoms with Crippen molar-refractivity contribution in [1.82, 2.24) is 0 Å². The standard InChI is InChI=1S/C13H20N2OS/c1-3-6-10(9-16-2)15-12-8-5-4-7-11(12)13(14)17/h4-5,7-8,10,15H,3,6,9H2,1-2H3,(H2,14,17). The normalized spacial score (nSPS) is 12.1. The van der Waals surface area contributed by atoms with Crippen molar-refractivity contribution in [2.75, 3.05) is 19.0 Å². The molecule has 1 atom stereocenters. The second-order valence-electron chi connectivity index (χ2n) is 4.00. The number of benzene rings is 1. The summed E-state index contributed by atoms with van der Waals surface area (Å²) in [6.45, 7) is 2.84. The molecule has 1 rings (SSSR count). The maximum atomic E-state index is 5.70. The molecule has 0 saturated carbocycles. The molecule has 0 saturated heterocycles. The molecular formula is C13H20N2OS. The maximum Gasteiger partial charge on any atom is 0.106 e. The highest BCUT2D eigenvalue weighted by molar-refractivity contribution is 7.80. The van der Waals surface area contributed by atoms with E-state index in [1.54, 1.807) is 7.11 Å². The first kappa shape index (κ1) is 13.9. The van der Waals surface area contributed by atoms with Crippen LogP contribution in [-0.4, -0.2) is 24.7 Å². The molecule has 1 aromatic rings. The third-order valence-corrected chi connectivity index (χ3v) is 2.78. The molecule has 17 heavy (non-hydrogen) atoms. The zero-order valence-corrected chi connectivity index (χ0v) is 11.2. The van der Waals surface area contributed by atoms with Gasteiger partial charge in [-0.25, -0.2) is 0 Å². The van der Waals surface area contributed by atoms with Crippen LogP contribution in [0.15, 0.2) is 24.3 Å². The molecule has 3 nitrogen and oxygen atoms in total. The predicted octanol–water partition coefficient (Wildman–Crippen LogP) is 2.55. The molecule has 0 spiro atoms. The lowest BCUT2D eigenvalue weighted by atomic mass is 10.1. The van der Waals surface area contributed by atoms with Crippen molar-refractivity contribution in [3.05, 3.63) is 29.8 Å². The number of ether oxygens (including phenoxy) is 1. The lowest BCUT2D eigenvalue weighted by Gasteiger charge is -2.20. The van der Waals surface area contributed by atoms with Crippen LogP contribution < -0.4 is 11.1 Å². The highest BCUT2D eigenvalue weighted by atomic mass is 32.1. The quantitative estimate of drug-likeness (QED) is 0.732. The van der Waals surface area contributed by atoms with Gasteiger partial charge >= 0.3 is 0 Å². The number of anilines is 1. The van der Waals surface area contributed by atoms with Crippen LogP contribution in [0.4, 0.5) is 5.69 Å². The van der Waals surface area contributed by atoms with Gasteiger partial charge in [-0.15, -0.1) is 0 Å². The van der Waals surface area contributed by atoms with Crippen molar-refractivity contribution in [1.29, 1.82) is 0 Å². The molecule has 94 valence electrons. The van der Waals surface area contributed by atoms with Gasteiger partial charge in [-0.05, 0) is 18.6 Å². The van der Waals surface area contributed by atoms with Crippen LogP contribution in [0.2, 0.25) is 0 Å². The summed E-state index contributed by atoms with van der Waals surface area (Å²) in [5.41, 5.74) is 7.57. The van der Waals surface area contributed by atoms with Crippen LogP contribution in [0, 0.1) is 0 Å². The Morgan fingerprint density at radius 1 is 1.47 bits per heavy atom. The number of hydrogen-bond donors (Lipinski definition) is 2. The summed E-state index contributed by atoms with van der Waals surface area (Å²) in [4.78, 5) is 0.417. The van der Waals surface area contributed by atoms with Crippen LogP contribution in [0.25, 0.3) is 0 Å². The Bertz CT molecular complexity index is 362. The number of nitrogens with two attached hydrogens (primary N) is 1. The van der Waals surface area contributed by atoms with Gasteiger partial charge in [0, 0.05) is 24.4 Å². The topological polar surface area (TPSA) is 47.3 Å². The summed E-state index contributed by atoms with van der Waals surface area (Å²) in [5.74, 6) is 0. The lowest BCUT2D eigenvalue weighted by Crippen LogP contribution is -2.26. The largest absolute Gasteiger partial charge is 0.389 e. The zero-order valence-electron chi connectivity index (χ0n) is 10.4. The van der Waals surface area contributed by atoms with E-state index in [4.69, 9.17) is 22.7 Å². The number of rotatable bonds is 7. The van der Waals surface area contributed by atoms with Crippen molar-refractivity contribution in [3.63, 3.8) is 0 Å². The summed E-state index contributed by atoms with van der Waals surface area (Å²) in [6.07, 6.45) is 2.16. The Labute approximate surface area is 108 Å². The minimum Gasteiger partial charge on any atom is -0.389 e. The summed E-state index contributed by atoms with van der Waals surface area (Å²) < 4.78 is 5.20. The maximum absolute atomic E-state index is 5.70. The second-order valence-corrected chi connectivity index (χ2v) is 4.43. The molecule has 4 heteroatoms. The number of para-hydroxylation sites is 1. The van der Waals surface area contributed by atoms with Crippen LogP contribution in [-0.2, 0) is 4.74 Å². The fraction of sp³-hybridized carbons (Fsp3) is 0.462. The molecule has 1 unspecified atom stereocenters. The van der Waals surface area contributed by atoms with Crippen LogP contribution in [0.5, 0.6) is 0 Å². The van der Waals surface area contributed by atoms with Crippen molar-refractivity contribution < 1.29 is 4.74 Å². The van der Waals surface area contributed by atoms with Gasteiger partial charge in [0.15, 0.2) is 0 Å².